The number of ether oxygens (including phenoxy) is 1. The first-order valence-electron chi connectivity index (χ1n) is 13.0. The molecule has 5 rings (SSSR count). The number of rotatable bonds is 10. The van der Waals surface area contributed by atoms with E-state index in [1.165, 1.54) is 17.4 Å². The summed E-state index contributed by atoms with van der Waals surface area (Å²) < 4.78 is 6.94. The standard InChI is InChI=1S/C30H31N5O3S/c1-3-27(37)31-23-5-4-6-25(19-23)38-29-28-26(13-16-39-28)33-30(34-29)32-22-9-7-20(8-10-22)17-24(36)18-21-11-14-35(2)15-12-21/h3-10,13,16,19,21H,1,11-12,14-15,17-18H2,2H3,(H,31,37)(H,32,33,34). The van der Waals surface area contributed by atoms with Gasteiger partial charge < -0.3 is 20.3 Å². The molecule has 0 unspecified atom stereocenters. The Morgan fingerprint density at radius 1 is 1.10 bits per heavy atom. The van der Waals surface area contributed by atoms with Crippen LogP contribution in [0.2, 0.25) is 0 Å². The van der Waals surface area contributed by atoms with Gasteiger partial charge in [0.2, 0.25) is 17.7 Å². The first kappa shape index (κ1) is 26.5. The third-order valence-electron chi connectivity index (χ3n) is 6.74. The number of piperidine rings is 1. The number of nitrogens with zero attached hydrogens (tertiary/aromatic N) is 3. The summed E-state index contributed by atoms with van der Waals surface area (Å²) in [5, 5.41) is 7.92. The zero-order valence-electron chi connectivity index (χ0n) is 21.9. The molecule has 2 N–H and O–H groups in total. The van der Waals surface area contributed by atoms with Crippen molar-refractivity contribution in [2.75, 3.05) is 30.8 Å². The van der Waals surface area contributed by atoms with Crippen LogP contribution in [0.1, 0.15) is 24.8 Å². The smallest absolute Gasteiger partial charge is 0.247 e. The van der Waals surface area contributed by atoms with Crippen LogP contribution in [0.4, 0.5) is 17.3 Å². The van der Waals surface area contributed by atoms with Crippen LogP contribution in [0, 0.1) is 5.92 Å². The number of carbonyl (C=O) groups is 2. The molecule has 1 saturated heterocycles. The lowest BCUT2D eigenvalue weighted by Crippen LogP contribution is -2.31. The molecular formula is C30H31N5O3S. The van der Waals surface area contributed by atoms with Crippen molar-refractivity contribution >= 4 is 50.6 Å². The van der Waals surface area contributed by atoms with Crippen LogP contribution in [0.25, 0.3) is 10.2 Å². The summed E-state index contributed by atoms with van der Waals surface area (Å²) in [7, 11) is 2.14. The van der Waals surface area contributed by atoms with E-state index in [9.17, 15) is 9.59 Å². The number of nitrogens with one attached hydrogen (secondary N) is 2. The Labute approximate surface area is 231 Å². The average molecular weight is 542 g/mol. The van der Waals surface area contributed by atoms with Crippen molar-refractivity contribution in [1.82, 2.24) is 14.9 Å². The molecule has 8 nitrogen and oxygen atoms in total. The lowest BCUT2D eigenvalue weighted by atomic mass is 9.90. The van der Waals surface area contributed by atoms with Gasteiger partial charge in [-0.2, -0.15) is 4.98 Å². The Bertz CT molecular complexity index is 1480. The number of carbonyl (C=O) groups excluding carboxylic acids is 2. The number of amides is 1. The predicted molar refractivity (Wildman–Crippen MR) is 156 cm³/mol. The molecule has 1 aliphatic rings. The molecule has 0 aliphatic carbocycles. The molecule has 1 fully saturated rings. The zero-order chi connectivity index (χ0) is 27.2. The van der Waals surface area contributed by atoms with Gasteiger partial charge in [0, 0.05) is 30.3 Å². The fourth-order valence-electron chi connectivity index (χ4n) is 4.63. The molecule has 0 spiro atoms. The number of anilines is 3. The van der Waals surface area contributed by atoms with Crippen LogP contribution in [0.5, 0.6) is 11.6 Å². The van der Waals surface area contributed by atoms with Gasteiger partial charge in [-0.25, -0.2) is 4.98 Å². The maximum Gasteiger partial charge on any atom is 0.247 e. The molecule has 200 valence electrons. The maximum absolute atomic E-state index is 12.6. The fourth-order valence-corrected chi connectivity index (χ4v) is 5.38. The second kappa shape index (κ2) is 12.2. The van der Waals surface area contributed by atoms with Gasteiger partial charge in [0.25, 0.3) is 0 Å². The average Bonchev–Trinajstić information content (AvgIpc) is 3.40. The Kier molecular flexibility index (Phi) is 8.29. The molecular weight excluding hydrogens is 510 g/mol. The predicted octanol–water partition coefficient (Wildman–Crippen LogP) is 6.20. The summed E-state index contributed by atoms with van der Waals surface area (Å²) in [5.41, 5.74) is 3.17. The number of thiophene rings is 1. The Balaban J connectivity index is 1.25. The van der Waals surface area contributed by atoms with E-state index in [2.05, 4.69) is 39.1 Å². The number of ketones is 1. The molecule has 1 aliphatic heterocycles. The van der Waals surface area contributed by atoms with E-state index in [-0.39, 0.29) is 5.91 Å². The molecule has 39 heavy (non-hydrogen) atoms. The first-order chi connectivity index (χ1) is 18.9. The van der Waals surface area contributed by atoms with Crippen molar-refractivity contribution in [1.29, 1.82) is 0 Å². The van der Waals surface area contributed by atoms with Crippen LogP contribution in [0.3, 0.4) is 0 Å². The van der Waals surface area contributed by atoms with Gasteiger partial charge in [0.15, 0.2) is 0 Å². The fraction of sp³-hybridized carbons (Fsp3) is 0.267. The number of likely N-dealkylation sites (tertiary alicyclic amines) is 1. The molecule has 1 amide bonds. The summed E-state index contributed by atoms with van der Waals surface area (Å²) >= 11 is 1.49. The molecule has 2 aromatic heterocycles. The number of aromatic nitrogens is 2. The van der Waals surface area contributed by atoms with E-state index in [1.54, 1.807) is 24.3 Å². The lowest BCUT2D eigenvalue weighted by Gasteiger charge is -2.28. The largest absolute Gasteiger partial charge is 0.437 e. The number of hydrogen-bond acceptors (Lipinski definition) is 8. The van der Waals surface area contributed by atoms with Crippen molar-refractivity contribution in [3.8, 4) is 11.6 Å². The third kappa shape index (κ3) is 7.07. The van der Waals surface area contributed by atoms with Gasteiger partial charge >= 0.3 is 0 Å². The second-order valence-corrected chi connectivity index (χ2v) is 10.7. The Morgan fingerprint density at radius 3 is 2.67 bits per heavy atom. The Morgan fingerprint density at radius 2 is 1.90 bits per heavy atom. The highest BCUT2D eigenvalue weighted by atomic mass is 32.1. The topological polar surface area (TPSA) is 96.4 Å². The number of fused-ring (bicyclic) bond motifs is 1. The van der Waals surface area contributed by atoms with Gasteiger partial charge in [-0.05, 0) is 86.2 Å². The molecule has 3 heterocycles. The summed E-state index contributed by atoms with van der Waals surface area (Å²) in [5.74, 6) is 1.85. The number of benzene rings is 2. The van der Waals surface area contributed by atoms with E-state index < -0.39 is 0 Å². The minimum absolute atomic E-state index is 0.297. The lowest BCUT2D eigenvalue weighted by molar-refractivity contribution is -0.119. The van der Waals surface area contributed by atoms with Gasteiger partial charge in [-0.3, -0.25) is 9.59 Å². The zero-order valence-corrected chi connectivity index (χ0v) is 22.7. The number of hydrogen-bond donors (Lipinski definition) is 2. The van der Waals surface area contributed by atoms with Crippen LogP contribution in [-0.2, 0) is 16.0 Å². The van der Waals surface area contributed by atoms with E-state index >= 15 is 0 Å². The third-order valence-corrected chi connectivity index (χ3v) is 7.63. The van der Waals surface area contributed by atoms with Crippen molar-refractivity contribution < 1.29 is 14.3 Å². The molecule has 0 saturated carbocycles. The van der Waals surface area contributed by atoms with Gasteiger partial charge in [-0.15, -0.1) is 11.3 Å². The van der Waals surface area contributed by atoms with Gasteiger partial charge in [0.05, 0.1) is 5.52 Å². The van der Waals surface area contributed by atoms with E-state index in [0.717, 1.165) is 47.4 Å². The summed E-state index contributed by atoms with van der Waals surface area (Å²) in [4.78, 5) is 35.9. The van der Waals surface area contributed by atoms with Gasteiger partial charge in [-0.1, -0.05) is 24.8 Å². The molecule has 4 aromatic rings. The Hall–Kier alpha value is -4.08. The van der Waals surface area contributed by atoms with Crippen LogP contribution in [0.15, 0.2) is 72.6 Å². The summed E-state index contributed by atoms with van der Waals surface area (Å²) in [6.07, 6.45) is 4.53. The molecule has 9 heteroatoms. The van der Waals surface area contributed by atoms with Crippen LogP contribution in [-0.4, -0.2) is 46.7 Å². The van der Waals surface area contributed by atoms with Crippen molar-refractivity contribution in [3.05, 3.63) is 78.2 Å². The minimum atomic E-state index is -0.297. The summed E-state index contributed by atoms with van der Waals surface area (Å²) in [6, 6.07) is 16.8. The van der Waals surface area contributed by atoms with Crippen molar-refractivity contribution in [3.63, 3.8) is 0 Å². The molecule has 2 aromatic carbocycles. The van der Waals surface area contributed by atoms with E-state index in [1.807, 2.05) is 35.7 Å². The SMILES string of the molecule is C=CC(=O)Nc1cccc(Oc2nc(Nc3ccc(CC(=O)CC4CCN(C)CC4)cc3)nc3ccsc23)c1. The van der Waals surface area contributed by atoms with Crippen molar-refractivity contribution in [2.45, 2.75) is 25.7 Å². The highest BCUT2D eigenvalue weighted by Crippen LogP contribution is 2.33. The molecule has 0 atom stereocenters. The molecule has 0 radical (unpaired) electrons. The quantitative estimate of drug-likeness (QED) is 0.231. The molecule has 0 bridgehead atoms. The van der Waals surface area contributed by atoms with Crippen LogP contribution >= 0.6 is 11.3 Å². The second-order valence-electron chi connectivity index (χ2n) is 9.80. The van der Waals surface area contributed by atoms with Gasteiger partial charge in [0.1, 0.15) is 16.2 Å². The van der Waals surface area contributed by atoms with Crippen LogP contribution < -0.4 is 15.4 Å². The highest BCUT2D eigenvalue weighted by molar-refractivity contribution is 7.17. The first-order valence-corrected chi connectivity index (χ1v) is 13.9. The van der Waals surface area contributed by atoms with E-state index in [0.29, 0.717) is 47.8 Å². The number of Topliss-reactive ketones (excluding diaryl/α,β-unsaturated/α-hetero) is 1. The highest BCUT2D eigenvalue weighted by Gasteiger charge is 2.19. The maximum atomic E-state index is 12.6. The normalized spacial score (nSPS) is 14.2. The van der Waals surface area contributed by atoms with Crippen molar-refractivity contribution in [2.24, 2.45) is 5.92 Å². The van der Waals surface area contributed by atoms with E-state index in [4.69, 9.17) is 4.74 Å². The monoisotopic (exact) mass is 541 g/mol. The summed E-state index contributed by atoms with van der Waals surface area (Å²) in [6.45, 7) is 5.63. The minimum Gasteiger partial charge on any atom is -0.437 e.